The first-order chi connectivity index (χ1) is 11.5. The summed E-state index contributed by atoms with van der Waals surface area (Å²) in [6.45, 7) is 3.54. The molecule has 122 valence electrons. The smallest absolute Gasteiger partial charge is 0.248 e. The van der Waals surface area contributed by atoms with Crippen molar-refractivity contribution in [2.45, 2.75) is 13.8 Å². The molecule has 6 heteroatoms. The number of halogens is 1. The summed E-state index contributed by atoms with van der Waals surface area (Å²) in [5.74, 6) is 0.364. The summed E-state index contributed by atoms with van der Waals surface area (Å²) in [4.78, 5) is 14.1. The van der Waals surface area contributed by atoms with E-state index in [4.69, 9.17) is 16.1 Å². The maximum Gasteiger partial charge on any atom is 0.248 e. The number of amides is 1. The number of thiophene rings is 1. The Hall–Kier alpha value is -2.37. The fourth-order valence-corrected chi connectivity index (χ4v) is 3.48. The van der Waals surface area contributed by atoms with Gasteiger partial charge in [-0.3, -0.25) is 4.79 Å². The molecule has 0 spiro atoms. The summed E-state index contributed by atoms with van der Waals surface area (Å²) in [5.41, 5.74) is 2.27. The van der Waals surface area contributed by atoms with Gasteiger partial charge in [0.25, 0.3) is 0 Å². The molecule has 1 amide bonds. The third-order valence-electron chi connectivity index (χ3n) is 3.45. The molecule has 0 saturated heterocycles. The lowest BCUT2D eigenvalue weighted by Gasteiger charge is -2.00. The van der Waals surface area contributed by atoms with E-state index in [-0.39, 0.29) is 5.91 Å². The van der Waals surface area contributed by atoms with Crippen molar-refractivity contribution in [3.63, 3.8) is 0 Å². The number of carbonyl (C=O) groups excluding carboxylic acids is 1. The van der Waals surface area contributed by atoms with Crippen LogP contribution in [0.1, 0.15) is 16.3 Å². The summed E-state index contributed by atoms with van der Waals surface area (Å²) in [7, 11) is 0. The van der Waals surface area contributed by atoms with Crippen LogP contribution in [-0.2, 0) is 4.79 Å². The van der Waals surface area contributed by atoms with Crippen molar-refractivity contribution in [1.82, 2.24) is 5.16 Å². The van der Waals surface area contributed by atoms with E-state index in [1.54, 1.807) is 31.3 Å². The number of benzene rings is 1. The minimum absolute atomic E-state index is 0.225. The number of carbonyl (C=O) groups is 1. The Morgan fingerprint density at radius 1 is 1.25 bits per heavy atom. The van der Waals surface area contributed by atoms with Crippen molar-refractivity contribution in [1.29, 1.82) is 0 Å². The van der Waals surface area contributed by atoms with Crippen molar-refractivity contribution < 1.29 is 9.32 Å². The van der Waals surface area contributed by atoms with Crippen LogP contribution in [0.4, 0.5) is 5.69 Å². The van der Waals surface area contributed by atoms with Crippen LogP contribution in [0.2, 0.25) is 5.02 Å². The summed E-state index contributed by atoms with van der Waals surface area (Å²) in [6, 6.07) is 11.7. The molecule has 0 aliphatic rings. The average Bonchev–Trinajstić information content (AvgIpc) is 3.15. The van der Waals surface area contributed by atoms with Gasteiger partial charge in [0.05, 0.1) is 0 Å². The van der Waals surface area contributed by atoms with E-state index in [1.165, 1.54) is 6.08 Å². The Morgan fingerprint density at radius 3 is 2.75 bits per heavy atom. The highest BCUT2D eigenvalue weighted by atomic mass is 35.5. The Morgan fingerprint density at radius 2 is 2.04 bits per heavy atom. The Bertz CT molecular complexity index is 892. The first kappa shape index (κ1) is 16.5. The molecule has 1 aromatic carbocycles. The van der Waals surface area contributed by atoms with Crippen LogP contribution in [0.3, 0.4) is 0 Å². The second-order valence-electron chi connectivity index (χ2n) is 5.20. The minimum atomic E-state index is -0.225. The molecule has 0 unspecified atom stereocenters. The van der Waals surface area contributed by atoms with Crippen molar-refractivity contribution >= 4 is 40.6 Å². The molecule has 4 nitrogen and oxygen atoms in total. The van der Waals surface area contributed by atoms with Crippen LogP contribution in [0, 0.1) is 13.8 Å². The van der Waals surface area contributed by atoms with E-state index in [2.05, 4.69) is 10.5 Å². The van der Waals surface area contributed by atoms with Crippen LogP contribution in [0.25, 0.3) is 16.5 Å². The van der Waals surface area contributed by atoms with Gasteiger partial charge in [-0.05, 0) is 38.1 Å². The number of hydrogen-bond acceptors (Lipinski definition) is 4. The molecular formula is C18H15ClN2O2S. The molecule has 2 aromatic heterocycles. The van der Waals surface area contributed by atoms with Crippen LogP contribution in [0.15, 0.2) is 47.0 Å². The normalized spacial score (nSPS) is 11.1. The SMILES string of the molecule is Cc1noc(C)c1NC(=O)/C=C/c1ccc(-c2ccccc2Cl)s1. The number of nitrogens with one attached hydrogen (secondary N) is 1. The Balaban J connectivity index is 1.71. The lowest BCUT2D eigenvalue weighted by Crippen LogP contribution is -2.08. The highest BCUT2D eigenvalue weighted by Gasteiger charge is 2.10. The number of anilines is 1. The second kappa shape index (κ2) is 7.03. The van der Waals surface area contributed by atoms with Crippen LogP contribution in [0.5, 0.6) is 0 Å². The van der Waals surface area contributed by atoms with Gasteiger partial charge in [0.15, 0.2) is 5.76 Å². The highest BCUT2D eigenvalue weighted by molar-refractivity contribution is 7.16. The minimum Gasteiger partial charge on any atom is -0.359 e. The van der Waals surface area contributed by atoms with Crippen molar-refractivity contribution in [3.8, 4) is 10.4 Å². The number of hydrogen-bond donors (Lipinski definition) is 1. The zero-order valence-electron chi connectivity index (χ0n) is 13.2. The Labute approximate surface area is 148 Å². The first-order valence-corrected chi connectivity index (χ1v) is 8.50. The van der Waals surface area contributed by atoms with E-state index in [9.17, 15) is 4.79 Å². The highest BCUT2D eigenvalue weighted by Crippen LogP contribution is 2.33. The van der Waals surface area contributed by atoms with E-state index in [0.717, 1.165) is 15.3 Å². The molecule has 24 heavy (non-hydrogen) atoms. The third kappa shape index (κ3) is 3.58. The first-order valence-electron chi connectivity index (χ1n) is 7.31. The zero-order chi connectivity index (χ0) is 17.1. The molecule has 0 aliphatic carbocycles. The molecule has 0 atom stereocenters. The van der Waals surface area contributed by atoms with E-state index in [1.807, 2.05) is 36.4 Å². The van der Waals surface area contributed by atoms with Gasteiger partial charge in [-0.15, -0.1) is 11.3 Å². The third-order valence-corrected chi connectivity index (χ3v) is 4.86. The van der Waals surface area contributed by atoms with E-state index >= 15 is 0 Å². The van der Waals surface area contributed by atoms with Crippen molar-refractivity contribution in [3.05, 3.63) is 63.8 Å². The predicted molar refractivity (Wildman–Crippen MR) is 98.4 cm³/mol. The van der Waals surface area contributed by atoms with Crippen LogP contribution >= 0.6 is 22.9 Å². The second-order valence-corrected chi connectivity index (χ2v) is 6.73. The molecule has 0 saturated carbocycles. The quantitative estimate of drug-likeness (QED) is 0.641. The maximum absolute atomic E-state index is 12.0. The topological polar surface area (TPSA) is 55.1 Å². The van der Waals surface area contributed by atoms with E-state index < -0.39 is 0 Å². The fourth-order valence-electron chi connectivity index (χ4n) is 2.23. The summed E-state index contributed by atoms with van der Waals surface area (Å²) in [5, 5.41) is 7.30. The summed E-state index contributed by atoms with van der Waals surface area (Å²) in [6.07, 6.45) is 3.27. The number of aryl methyl sites for hydroxylation is 2. The molecule has 0 bridgehead atoms. The van der Waals surface area contributed by atoms with Gasteiger partial charge in [0.2, 0.25) is 5.91 Å². The van der Waals surface area contributed by atoms with Crippen molar-refractivity contribution in [2.75, 3.05) is 5.32 Å². The van der Waals surface area contributed by atoms with Gasteiger partial charge in [0.1, 0.15) is 11.4 Å². The van der Waals surface area contributed by atoms with Crippen molar-refractivity contribution in [2.24, 2.45) is 0 Å². The molecule has 1 N–H and O–H groups in total. The monoisotopic (exact) mass is 358 g/mol. The number of nitrogens with zero attached hydrogens (tertiary/aromatic N) is 1. The molecule has 0 radical (unpaired) electrons. The molecule has 2 heterocycles. The fraction of sp³-hybridized carbons (Fsp3) is 0.111. The predicted octanol–water partition coefficient (Wildman–Crippen LogP) is 5.33. The van der Waals surface area contributed by atoms with Gasteiger partial charge in [-0.25, -0.2) is 0 Å². The number of aromatic nitrogens is 1. The van der Waals surface area contributed by atoms with Gasteiger partial charge in [0, 0.05) is 26.4 Å². The average molecular weight is 359 g/mol. The lowest BCUT2D eigenvalue weighted by atomic mass is 10.2. The Kier molecular flexibility index (Phi) is 4.83. The molecular weight excluding hydrogens is 344 g/mol. The van der Waals surface area contributed by atoms with Gasteiger partial charge in [-0.1, -0.05) is 35.0 Å². The number of rotatable bonds is 4. The molecule has 3 rings (SSSR count). The zero-order valence-corrected chi connectivity index (χ0v) is 14.7. The maximum atomic E-state index is 12.0. The summed E-state index contributed by atoms with van der Waals surface area (Å²) >= 11 is 7.79. The van der Waals surface area contributed by atoms with Gasteiger partial charge >= 0.3 is 0 Å². The molecule has 0 fully saturated rings. The largest absolute Gasteiger partial charge is 0.359 e. The van der Waals surface area contributed by atoms with Gasteiger partial charge in [-0.2, -0.15) is 0 Å². The molecule has 3 aromatic rings. The lowest BCUT2D eigenvalue weighted by molar-refractivity contribution is -0.111. The molecule has 0 aliphatic heterocycles. The standard InChI is InChI=1S/C18H15ClN2O2S/c1-11-18(12(2)23-21-11)20-17(22)10-8-13-7-9-16(24-13)14-5-3-4-6-15(14)19/h3-10H,1-2H3,(H,20,22)/b10-8+. The van der Waals surface area contributed by atoms with Crippen LogP contribution in [-0.4, -0.2) is 11.1 Å². The van der Waals surface area contributed by atoms with E-state index in [0.29, 0.717) is 22.2 Å². The summed E-state index contributed by atoms with van der Waals surface area (Å²) < 4.78 is 5.02. The van der Waals surface area contributed by atoms with Gasteiger partial charge < -0.3 is 9.84 Å². The van der Waals surface area contributed by atoms with Crippen LogP contribution < -0.4 is 5.32 Å².